The molecule has 1 rings (SSSR count). The number of ether oxygens (including phenoxy) is 2. The summed E-state index contributed by atoms with van der Waals surface area (Å²) >= 11 is 5.74. The molecule has 1 aromatic heterocycles. The van der Waals surface area contributed by atoms with Gasteiger partial charge in [0.15, 0.2) is 0 Å². The predicted octanol–water partition coefficient (Wildman–Crippen LogP) is 0.923. The molecule has 1 heterocycles. The molecular formula is C10H15ClN4O3. The number of halogens is 1. The SMILES string of the molecule is COC(=O)CCCN(C)c1nc(Cl)nc(OC)n1. The smallest absolute Gasteiger partial charge is 0.322 e. The standard InChI is InChI=1S/C10H15ClN4O3/c1-15(6-4-5-7(16)17-2)9-12-8(11)13-10(14-9)18-3/h4-6H2,1-3H3. The molecule has 7 nitrogen and oxygen atoms in total. The number of rotatable bonds is 6. The van der Waals surface area contributed by atoms with Crippen LogP contribution in [0.15, 0.2) is 0 Å². The lowest BCUT2D eigenvalue weighted by atomic mass is 10.3. The highest BCUT2D eigenvalue weighted by Gasteiger charge is 2.10. The first kappa shape index (κ1) is 14.4. The Balaban J connectivity index is 2.58. The molecule has 8 heteroatoms. The zero-order chi connectivity index (χ0) is 13.5. The summed E-state index contributed by atoms with van der Waals surface area (Å²) < 4.78 is 9.45. The van der Waals surface area contributed by atoms with Gasteiger partial charge in [-0.05, 0) is 18.0 Å². The van der Waals surface area contributed by atoms with Crippen LogP contribution in [-0.2, 0) is 9.53 Å². The lowest BCUT2D eigenvalue weighted by molar-refractivity contribution is -0.140. The summed E-state index contributed by atoms with van der Waals surface area (Å²) in [5.41, 5.74) is 0. The van der Waals surface area contributed by atoms with Gasteiger partial charge in [-0.3, -0.25) is 4.79 Å². The van der Waals surface area contributed by atoms with Crippen molar-refractivity contribution in [3.8, 4) is 6.01 Å². The summed E-state index contributed by atoms with van der Waals surface area (Å²) in [6, 6.07) is 0.157. The highest BCUT2D eigenvalue weighted by Crippen LogP contribution is 2.14. The van der Waals surface area contributed by atoms with Crippen molar-refractivity contribution in [2.24, 2.45) is 0 Å². The fourth-order valence-electron chi connectivity index (χ4n) is 1.25. The molecule has 0 N–H and O–H groups in total. The molecule has 0 spiro atoms. The van der Waals surface area contributed by atoms with Crippen molar-refractivity contribution in [2.45, 2.75) is 12.8 Å². The molecule has 0 aliphatic heterocycles. The molecule has 0 aliphatic carbocycles. The van der Waals surface area contributed by atoms with E-state index >= 15 is 0 Å². The maximum atomic E-state index is 11.0. The topological polar surface area (TPSA) is 77.4 Å². The van der Waals surface area contributed by atoms with Crippen LogP contribution in [0.1, 0.15) is 12.8 Å². The molecule has 0 aliphatic rings. The van der Waals surface area contributed by atoms with Gasteiger partial charge in [0.2, 0.25) is 11.2 Å². The van der Waals surface area contributed by atoms with E-state index in [0.29, 0.717) is 25.3 Å². The van der Waals surface area contributed by atoms with Gasteiger partial charge in [-0.15, -0.1) is 0 Å². The third-order valence-corrected chi connectivity index (χ3v) is 2.37. The van der Waals surface area contributed by atoms with E-state index in [-0.39, 0.29) is 17.3 Å². The number of nitrogens with zero attached hydrogens (tertiary/aromatic N) is 4. The third-order valence-electron chi connectivity index (χ3n) is 2.20. The second kappa shape index (κ2) is 6.95. The van der Waals surface area contributed by atoms with Crippen LogP contribution in [-0.4, -0.2) is 48.7 Å². The maximum absolute atomic E-state index is 11.0. The van der Waals surface area contributed by atoms with Crippen LogP contribution in [0, 0.1) is 0 Å². The Morgan fingerprint density at radius 2 is 2.06 bits per heavy atom. The second-order valence-electron chi connectivity index (χ2n) is 3.49. The summed E-state index contributed by atoms with van der Waals surface area (Å²) in [5, 5.41) is 0.0664. The number of aromatic nitrogens is 3. The van der Waals surface area contributed by atoms with Gasteiger partial charge in [0.05, 0.1) is 14.2 Å². The highest BCUT2D eigenvalue weighted by molar-refractivity contribution is 6.28. The van der Waals surface area contributed by atoms with Crippen molar-refractivity contribution in [3.05, 3.63) is 5.28 Å². The molecule has 0 amide bonds. The monoisotopic (exact) mass is 274 g/mol. The summed E-state index contributed by atoms with van der Waals surface area (Å²) in [5.74, 6) is 0.159. The largest absolute Gasteiger partial charge is 0.469 e. The van der Waals surface area contributed by atoms with Crippen molar-refractivity contribution in [1.29, 1.82) is 0 Å². The quantitative estimate of drug-likeness (QED) is 0.714. The van der Waals surface area contributed by atoms with Crippen LogP contribution in [0.2, 0.25) is 5.28 Å². The highest BCUT2D eigenvalue weighted by atomic mass is 35.5. The molecule has 0 saturated heterocycles. The molecular weight excluding hydrogens is 260 g/mol. The Morgan fingerprint density at radius 1 is 1.33 bits per heavy atom. The third kappa shape index (κ3) is 4.33. The minimum Gasteiger partial charge on any atom is -0.469 e. The Kier molecular flexibility index (Phi) is 5.57. The first-order chi connectivity index (χ1) is 8.56. The molecule has 0 bridgehead atoms. The van der Waals surface area contributed by atoms with Gasteiger partial charge in [-0.25, -0.2) is 0 Å². The molecule has 1 aromatic rings. The molecule has 0 atom stereocenters. The van der Waals surface area contributed by atoms with Gasteiger partial charge < -0.3 is 14.4 Å². The summed E-state index contributed by atoms with van der Waals surface area (Å²) in [7, 11) is 4.61. The van der Waals surface area contributed by atoms with Gasteiger partial charge in [0.25, 0.3) is 0 Å². The average molecular weight is 275 g/mol. The Bertz CT molecular complexity index is 416. The second-order valence-corrected chi connectivity index (χ2v) is 3.83. The van der Waals surface area contributed by atoms with Crippen molar-refractivity contribution in [2.75, 3.05) is 32.7 Å². The van der Waals surface area contributed by atoms with Gasteiger partial charge in [-0.1, -0.05) is 0 Å². The maximum Gasteiger partial charge on any atom is 0.322 e. The zero-order valence-corrected chi connectivity index (χ0v) is 11.3. The summed E-state index contributed by atoms with van der Waals surface area (Å²) in [6.45, 7) is 0.596. The van der Waals surface area contributed by atoms with E-state index in [1.165, 1.54) is 14.2 Å². The van der Waals surface area contributed by atoms with Crippen LogP contribution >= 0.6 is 11.6 Å². The fraction of sp³-hybridized carbons (Fsp3) is 0.600. The van der Waals surface area contributed by atoms with Gasteiger partial charge in [-0.2, -0.15) is 15.0 Å². The summed E-state index contributed by atoms with van der Waals surface area (Å²) in [6.07, 6.45) is 0.978. The van der Waals surface area contributed by atoms with Crippen LogP contribution in [0.5, 0.6) is 6.01 Å². The number of hydrogen-bond donors (Lipinski definition) is 0. The Labute approximate surface area is 110 Å². The molecule has 18 heavy (non-hydrogen) atoms. The number of anilines is 1. The van der Waals surface area contributed by atoms with Crippen LogP contribution in [0.4, 0.5) is 5.95 Å². The van der Waals surface area contributed by atoms with Crippen LogP contribution in [0.3, 0.4) is 0 Å². The van der Waals surface area contributed by atoms with Gasteiger partial charge in [0, 0.05) is 20.0 Å². The van der Waals surface area contributed by atoms with Crippen molar-refractivity contribution < 1.29 is 14.3 Å². The van der Waals surface area contributed by atoms with E-state index in [1.54, 1.807) is 11.9 Å². The van der Waals surface area contributed by atoms with E-state index < -0.39 is 0 Å². The zero-order valence-electron chi connectivity index (χ0n) is 10.5. The van der Waals surface area contributed by atoms with Crippen molar-refractivity contribution in [3.63, 3.8) is 0 Å². The van der Waals surface area contributed by atoms with E-state index in [4.69, 9.17) is 16.3 Å². The Hall–Kier alpha value is -1.63. The number of carbonyl (C=O) groups is 1. The van der Waals surface area contributed by atoms with Gasteiger partial charge in [0.1, 0.15) is 0 Å². The fourth-order valence-corrected chi connectivity index (χ4v) is 1.39. The lowest BCUT2D eigenvalue weighted by Crippen LogP contribution is -2.22. The van der Waals surface area contributed by atoms with Crippen molar-refractivity contribution >= 4 is 23.5 Å². The normalized spacial score (nSPS) is 10.0. The summed E-state index contributed by atoms with van der Waals surface area (Å²) in [4.78, 5) is 24.5. The first-order valence-corrected chi connectivity index (χ1v) is 5.68. The van der Waals surface area contributed by atoms with Crippen molar-refractivity contribution in [1.82, 2.24) is 15.0 Å². The lowest BCUT2D eigenvalue weighted by Gasteiger charge is -2.16. The van der Waals surface area contributed by atoms with E-state index in [1.807, 2.05) is 0 Å². The van der Waals surface area contributed by atoms with E-state index in [0.717, 1.165) is 0 Å². The number of esters is 1. The van der Waals surface area contributed by atoms with Crippen LogP contribution in [0.25, 0.3) is 0 Å². The first-order valence-electron chi connectivity index (χ1n) is 5.30. The molecule has 0 saturated carbocycles. The molecule has 0 unspecified atom stereocenters. The number of hydrogen-bond acceptors (Lipinski definition) is 7. The van der Waals surface area contributed by atoms with E-state index in [2.05, 4.69) is 19.7 Å². The van der Waals surface area contributed by atoms with Crippen LogP contribution < -0.4 is 9.64 Å². The number of methoxy groups -OCH3 is 2. The Morgan fingerprint density at radius 3 is 2.67 bits per heavy atom. The molecule has 100 valence electrons. The average Bonchev–Trinajstić information content (AvgIpc) is 2.37. The molecule has 0 radical (unpaired) electrons. The minimum absolute atomic E-state index is 0.0664. The van der Waals surface area contributed by atoms with E-state index in [9.17, 15) is 4.79 Å². The number of carbonyl (C=O) groups excluding carboxylic acids is 1. The predicted molar refractivity (Wildman–Crippen MR) is 65.9 cm³/mol. The molecule has 0 fully saturated rings. The molecule has 0 aromatic carbocycles. The van der Waals surface area contributed by atoms with Gasteiger partial charge >= 0.3 is 12.0 Å². The minimum atomic E-state index is -0.241.